The Balaban J connectivity index is 2.46. The van der Waals surface area contributed by atoms with Gasteiger partial charge < -0.3 is 10.6 Å². The van der Waals surface area contributed by atoms with Gasteiger partial charge in [-0.3, -0.25) is 4.98 Å². The first kappa shape index (κ1) is 25.9. The fourth-order valence-corrected chi connectivity index (χ4v) is 2.56. The summed E-state index contributed by atoms with van der Waals surface area (Å²) in [7, 11) is 0. The zero-order chi connectivity index (χ0) is 25.0. The minimum atomic E-state index is -4.62. The molecule has 0 aliphatic carbocycles. The van der Waals surface area contributed by atoms with E-state index in [1.165, 1.54) is 31.3 Å². The van der Waals surface area contributed by atoms with E-state index in [2.05, 4.69) is 37.2 Å². The predicted octanol–water partition coefficient (Wildman–Crippen LogP) is 5.74. The molecule has 0 atom stereocenters. The van der Waals surface area contributed by atoms with E-state index >= 15 is 0 Å². The van der Waals surface area contributed by atoms with E-state index in [0.717, 1.165) is 12.1 Å². The Bertz CT molecular complexity index is 1060. The maximum atomic E-state index is 13.7. The summed E-state index contributed by atoms with van der Waals surface area (Å²) in [4.78, 5) is 15.7. The number of halogens is 5. The smallest absolute Gasteiger partial charge is 0.366 e. The van der Waals surface area contributed by atoms with Crippen molar-refractivity contribution in [2.75, 3.05) is 5.32 Å². The van der Waals surface area contributed by atoms with Gasteiger partial charge in [-0.25, -0.2) is 9.98 Å². The van der Waals surface area contributed by atoms with Gasteiger partial charge in [-0.1, -0.05) is 12.6 Å². The van der Waals surface area contributed by atoms with Crippen LogP contribution in [0.5, 0.6) is 0 Å². The second kappa shape index (κ2) is 9.63. The van der Waals surface area contributed by atoms with Gasteiger partial charge in [0.15, 0.2) is 0 Å². The number of aliphatic imine (C=N–C) groups is 2. The molecule has 2 heterocycles. The van der Waals surface area contributed by atoms with Crippen molar-refractivity contribution in [1.29, 1.82) is 0 Å². The van der Waals surface area contributed by atoms with Gasteiger partial charge in [0.05, 0.1) is 11.4 Å². The van der Waals surface area contributed by atoms with Gasteiger partial charge in [-0.05, 0) is 52.0 Å². The molecule has 0 bridgehead atoms. The highest BCUT2D eigenvalue weighted by Gasteiger charge is 2.32. The Morgan fingerprint density at radius 2 is 1.64 bits per heavy atom. The highest BCUT2D eigenvalue weighted by Crippen LogP contribution is 2.28. The molecular weight excluding hydrogens is 443 g/mol. The largest absolute Gasteiger partial charge is 0.433 e. The first-order valence-electron chi connectivity index (χ1n) is 9.82. The predicted molar refractivity (Wildman–Crippen MR) is 118 cm³/mol. The molecule has 0 amide bonds. The molecule has 2 aromatic rings. The summed E-state index contributed by atoms with van der Waals surface area (Å²) in [6.45, 7) is 11.6. The van der Waals surface area contributed by atoms with Crippen molar-refractivity contribution in [3.63, 3.8) is 0 Å². The van der Waals surface area contributed by atoms with E-state index in [0.29, 0.717) is 6.92 Å². The number of nitrogens with zero attached hydrogens (tertiary/aromatic N) is 4. The molecule has 0 aromatic carbocycles. The molecule has 6 nitrogen and oxygen atoms in total. The van der Waals surface area contributed by atoms with Crippen molar-refractivity contribution in [2.45, 2.75) is 52.3 Å². The first-order chi connectivity index (χ1) is 15.0. The number of hydrogen-bond donors (Lipinski definition) is 2. The van der Waals surface area contributed by atoms with Gasteiger partial charge >= 0.3 is 6.18 Å². The SMILES string of the molecule is C=C(N=C(N=C(C)c1cccc(C(F)(F)F)n1)Nc1ccnc(C(C)(F)F)c1)NC(C)(C)C. The van der Waals surface area contributed by atoms with Gasteiger partial charge in [-0.15, -0.1) is 0 Å². The summed E-state index contributed by atoms with van der Waals surface area (Å²) in [6.07, 6.45) is -3.42. The van der Waals surface area contributed by atoms with E-state index in [4.69, 9.17) is 0 Å². The average Bonchev–Trinajstić information content (AvgIpc) is 2.65. The molecular formula is C22H25F5N6. The van der Waals surface area contributed by atoms with Gasteiger partial charge in [0.25, 0.3) is 5.92 Å². The molecule has 0 radical (unpaired) electrons. The number of aromatic nitrogens is 2. The second-order valence-electron chi connectivity index (χ2n) is 8.30. The minimum Gasteiger partial charge on any atom is -0.366 e. The second-order valence-corrected chi connectivity index (χ2v) is 8.30. The zero-order valence-electron chi connectivity index (χ0n) is 18.8. The van der Waals surface area contributed by atoms with E-state index in [-0.39, 0.29) is 34.4 Å². The van der Waals surface area contributed by atoms with Gasteiger partial charge in [0.2, 0.25) is 5.96 Å². The van der Waals surface area contributed by atoms with Crippen LogP contribution in [0.4, 0.5) is 27.6 Å². The summed E-state index contributed by atoms with van der Waals surface area (Å²) in [5.74, 6) is -3.06. The number of anilines is 1. The molecule has 0 aliphatic rings. The lowest BCUT2D eigenvalue weighted by Gasteiger charge is -2.21. The van der Waals surface area contributed by atoms with E-state index in [1.807, 2.05) is 20.8 Å². The van der Waals surface area contributed by atoms with Crippen LogP contribution in [-0.2, 0) is 12.1 Å². The van der Waals surface area contributed by atoms with Crippen LogP contribution in [0.1, 0.15) is 51.7 Å². The van der Waals surface area contributed by atoms with Crippen LogP contribution in [0.15, 0.2) is 58.9 Å². The number of guanidine groups is 1. The summed E-state index contributed by atoms with van der Waals surface area (Å²) in [5, 5.41) is 5.82. The fourth-order valence-electron chi connectivity index (χ4n) is 2.56. The van der Waals surface area contributed by atoms with Gasteiger partial charge in [0, 0.05) is 24.3 Å². The van der Waals surface area contributed by atoms with Crippen LogP contribution < -0.4 is 10.6 Å². The van der Waals surface area contributed by atoms with Crippen LogP contribution in [-0.4, -0.2) is 27.2 Å². The third-order valence-corrected chi connectivity index (χ3v) is 3.91. The van der Waals surface area contributed by atoms with Crippen molar-refractivity contribution < 1.29 is 22.0 Å². The van der Waals surface area contributed by atoms with E-state index in [1.54, 1.807) is 0 Å². The van der Waals surface area contributed by atoms with Gasteiger partial charge in [-0.2, -0.15) is 26.9 Å². The molecule has 0 aliphatic heterocycles. The lowest BCUT2D eigenvalue weighted by molar-refractivity contribution is -0.141. The van der Waals surface area contributed by atoms with E-state index in [9.17, 15) is 22.0 Å². The fraction of sp³-hybridized carbons (Fsp3) is 0.364. The summed E-state index contributed by atoms with van der Waals surface area (Å²) in [5.41, 5.74) is -1.63. The van der Waals surface area contributed by atoms with Crippen molar-refractivity contribution in [3.05, 3.63) is 66.0 Å². The average molecular weight is 468 g/mol. The maximum Gasteiger partial charge on any atom is 0.433 e. The Labute approximate surface area is 188 Å². The molecule has 0 spiro atoms. The number of alkyl halides is 5. The van der Waals surface area contributed by atoms with Crippen LogP contribution >= 0.6 is 0 Å². The quantitative estimate of drug-likeness (QED) is 0.333. The van der Waals surface area contributed by atoms with Crippen LogP contribution in [0.2, 0.25) is 0 Å². The monoisotopic (exact) mass is 468 g/mol. The normalized spacial score (nSPS) is 13.6. The molecule has 0 fully saturated rings. The third kappa shape index (κ3) is 8.24. The van der Waals surface area contributed by atoms with Crippen molar-refractivity contribution in [2.24, 2.45) is 9.98 Å². The molecule has 178 valence electrons. The number of rotatable bonds is 5. The lowest BCUT2D eigenvalue weighted by atomic mass is 10.1. The molecule has 2 aromatic heterocycles. The Morgan fingerprint density at radius 1 is 0.970 bits per heavy atom. The van der Waals surface area contributed by atoms with Crippen molar-refractivity contribution in [1.82, 2.24) is 15.3 Å². The summed E-state index contributed by atoms with van der Waals surface area (Å²) in [6, 6.07) is 5.99. The molecule has 33 heavy (non-hydrogen) atoms. The number of hydrogen-bond acceptors (Lipinski definition) is 4. The lowest BCUT2D eigenvalue weighted by Crippen LogP contribution is -2.34. The Kier molecular flexibility index (Phi) is 7.56. The first-order valence-corrected chi connectivity index (χ1v) is 9.82. The highest BCUT2D eigenvalue weighted by molar-refractivity contribution is 6.08. The van der Waals surface area contributed by atoms with E-state index < -0.39 is 23.5 Å². The maximum absolute atomic E-state index is 13.7. The van der Waals surface area contributed by atoms with Crippen LogP contribution in [0.3, 0.4) is 0 Å². The Morgan fingerprint density at radius 3 is 2.21 bits per heavy atom. The van der Waals surface area contributed by atoms with Crippen LogP contribution in [0.25, 0.3) is 0 Å². The highest BCUT2D eigenvalue weighted by atomic mass is 19.4. The van der Waals surface area contributed by atoms with Crippen molar-refractivity contribution in [3.8, 4) is 0 Å². The standard InChI is InChI=1S/C22H25F5N6/c1-13(16-8-7-9-17(32-16)22(25,26)27)29-19(30-14(2)33-20(3,4)5)31-15-10-11-28-18(12-15)21(6,23)24/h7-12,33H,2H2,1,3-6H3,(H,28,30,31). The minimum absolute atomic E-state index is 0.0239. The Hall–Kier alpha value is -3.37. The third-order valence-electron chi connectivity index (χ3n) is 3.91. The molecule has 11 heteroatoms. The molecule has 2 rings (SSSR count). The number of nitrogens with one attached hydrogen (secondary N) is 2. The molecule has 0 saturated heterocycles. The summed E-state index contributed by atoms with van der Waals surface area (Å²) < 4.78 is 66.4. The van der Waals surface area contributed by atoms with Crippen LogP contribution in [0, 0.1) is 0 Å². The van der Waals surface area contributed by atoms with Gasteiger partial charge in [0.1, 0.15) is 17.2 Å². The molecule has 0 saturated carbocycles. The summed E-state index contributed by atoms with van der Waals surface area (Å²) >= 11 is 0. The number of pyridine rings is 2. The molecule has 0 unspecified atom stereocenters. The zero-order valence-corrected chi connectivity index (χ0v) is 18.8. The topological polar surface area (TPSA) is 74.6 Å². The van der Waals surface area contributed by atoms with Crippen molar-refractivity contribution >= 4 is 17.4 Å². The molecule has 2 N–H and O–H groups in total.